The number of methoxy groups -OCH3 is 2. The monoisotopic (exact) mass is 334 g/mol. The van der Waals surface area contributed by atoms with Crippen molar-refractivity contribution in [1.29, 1.82) is 0 Å². The van der Waals surface area contributed by atoms with E-state index in [1.807, 2.05) is 24.3 Å². The van der Waals surface area contributed by atoms with Crippen LogP contribution in [-0.4, -0.2) is 20.0 Å². The smallest absolute Gasteiger partial charge is 0.167 e. The summed E-state index contributed by atoms with van der Waals surface area (Å²) < 4.78 is 11.3. The second-order valence-corrected chi connectivity index (χ2v) is 5.24. The van der Waals surface area contributed by atoms with Gasteiger partial charge in [-0.05, 0) is 29.8 Å². The van der Waals surface area contributed by atoms with Crippen molar-refractivity contribution in [2.24, 2.45) is 0 Å². The molecule has 0 radical (unpaired) electrons. The van der Waals surface area contributed by atoms with Crippen LogP contribution in [0.1, 0.15) is 15.9 Å². The maximum atomic E-state index is 12.3. The fourth-order valence-electron chi connectivity index (χ4n) is 1.86. The molecule has 0 saturated heterocycles. The van der Waals surface area contributed by atoms with Crippen LogP contribution in [0.3, 0.4) is 0 Å². The van der Waals surface area contributed by atoms with Gasteiger partial charge >= 0.3 is 0 Å². The van der Waals surface area contributed by atoms with Crippen LogP contribution in [0.4, 0.5) is 0 Å². The zero-order valence-corrected chi connectivity index (χ0v) is 12.9. The first-order valence-electron chi connectivity index (χ1n) is 6.13. The maximum absolute atomic E-state index is 12.3. The SMILES string of the molecule is COc1cc(OC)cc(C(=O)Cc2ccc(Br)cc2)c1. The van der Waals surface area contributed by atoms with Crippen LogP contribution in [-0.2, 0) is 6.42 Å². The quantitative estimate of drug-likeness (QED) is 0.778. The number of carbonyl (C=O) groups is 1. The Hall–Kier alpha value is -1.81. The number of Topliss-reactive ketones (excluding diaryl/α,β-unsaturated/α-hetero) is 1. The molecule has 0 aliphatic heterocycles. The van der Waals surface area contributed by atoms with E-state index in [0.717, 1.165) is 10.0 Å². The van der Waals surface area contributed by atoms with E-state index in [2.05, 4.69) is 15.9 Å². The average molecular weight is 335 g/mol. The average Bonchev–Trinajstić information content (AvgIpc) is 2.48. The molecule has 104 valence electrons. The summed E-state index contributed by atoms with van der Waals surface area (Å²) in [7, 11) is 3.13. The van der Waals surface area contributed by atoms with E-state index in [4.69, 9.17) is 9.47 Å². The van der Waals surface area contributed by atoms with Gasteiger partial charge < -0.3 is 9.47 Å². The molecule has 2 aromatic rings. The van der Waals surface area contributed by atoms with Gasteiger partial charge in [0.25, 0.3) is 0 Å². The second kappa shape index (κ2) is 6.57. The van der Waals surface area contributed by atoms with Crippen LogP contribution in [0, 0.1) is 0 Å². The number of rotatable bonds is 5. The van der Waals surface area contributed by atoms with E-state index in [1.165, 1.54) is 0 Å². The Morgan fingerprint density at radius 3 is 2.05 bits per heavy atom. The Bertz CT molecular complexity index is 583. The Labute approximate surface area is 126 Å². The number of hydrogen-bond acceptors (Lipinski definition) is 3. The highest BCUT2D eigenvalue weighted by atomic mass is 79.9. The van der Waals surface area contributed by atoms with Crippen LogP contribution in [0.2, 0.25) is 0 Å². The zero-order valence-electron chi connectivity index (χ0n) is 11.4. The van der Waals surface area contributed by atoms with Gasteiger partial charge in [0.05, 0.1) is 14.2 Å². The molecule has 0 heterocycles. The standard InChI is InChI=1S/C16H15BrO3/c1-19-14-8-12(9-15(10-14)20-2)16(18)7-11-3-5-13(17)6-4-11/h3-6,8-10H,7H2,1-2H3. The molecule has 4 heteroatoms. The molecule has 0 unspecified atom stereocenters. The van der Waals surface area contributed by atoms with Crippen LogP contribution in [0.15, 0.2) is 46.9 Å². The number of halogens is 1. The molecule has 0 aromatic heterocycles. The minimum Gasteiger partial charge on any atom is -0.497 e. The summed E-state index contributed by atoms with van der Waals surface area (Å²) >= 11 is 3.38. The Morgan fingerprint density at radius 1 is 1.00 bits per heavy atom. The molecular formula is C16H15BrO3. The van der Waals surface area contributed by atoms with Gasteiger partial charge in [-0.2, -0.15) is 0 Å². The minimum atomic E-state index is 0.0320. The van der Waals surface area contributed by atoms with Crippen molar-refractivity contribution in [2.45, 2.75) is 6.42 Å². The molecule has 0 atom stereocenters. The van der Waals surface area contributed by atoms with Crippen molar-refractivity contribution in [3.63, 3.8) is 0 Å². The largest absolute Gasteiger partial charge is 0.497 e. The van der Waals surface area contributed by atoms with Crippen molar-refractivity contribution in [2.75, 3.05) is 14.2 Å². The van der Waals surface area contributed by atoms with Crippen LogP contribution in [0.25, 0.3) is 0 Å². The molecule has 0 fully saturated rings. The topological polar surface area (TPSA) is 35.5 Å². The molecule has 0 bridgehead atoms. The van der Waals surface area contributed by atoms with Gasteiger partial charge in [0, 0.05) is 22.5 Å². The second-order valence-electron chi connectivity index (χ2n) is 4.33. The van der Waals surface area contributed by atoms with Crippen molar-refractivity contribution in [3.8, 4) is 11.5 Å². The first kappa shape index (κ1) is 14.6. The molecule has 3 nitrogen and oxygen atoms in total. The van der Waals surface area contributed by atoms with Crippen molar-refractivity contribution < 1.29 is 14.3 Å². The van der Waals surface area contributed by atoms with Gasteiger partial charge in [-0.3, -0.25) is 4.79 Å². The lowest BCUT2D eigenvalue weighted by Gasteiger charge is -2.08. The Kier molecular flexibility index (Phi) is 4.79. The first-order chi connectivity index (χ1) is 9.62. The zero-order chi connectivity index (χ0) is 14.5. The number of carbonyl (C=O) groups excluding carboxylic acids is 1. The molecule has 0 amide bonds. The van der Waals surface area contributed by atoms with Crippen molar-refractivity contribution >= 4 is 21.7 Å². The molecule has 2 rings (SSSR count). The summed E-state index contributed by atoms with van der Waals surface area (Å²) in [6.45, 7) is 0. The van der Waals surface area contributed by atoms with Crippen molar-refractivity contribution in [3.05, 3.63) is 58.1 Å². The third-order valence-corrected chi connectivity index (χ3v) is 3.48. The summed E-state index contributed by atoms with van der Waals surface area (Å²) in [5.41, 5.74) is 1.56. The number of benzene rings is 2. The number of ketones is 1. The third-order valence-electron chi connectivity index (χ3n) is 2.95. The van der Waals surface area contributed by atoms with Gasteiger partial charge in [0.2, 0.25) is 0 Å². The Balaban J connectivity index is 2.22. The number of ether oxygens (including phenoxy) is 2. The van der Waals surface area contributed by atoms with Gasteiger partial charge in [-0.15, -0.1) is 0 Å². The van der Waals surface area contributed by atoms with E-state index in [9.17, 15) is 4.79 Å². The van der Waals surface area contributed by atoms with Gasteiger partial charge in [-0.1, -0.05) is 28.1 Å². The van der Waals surface area contributed by atoms with Gasteiger partial charge in [-0.25, -0.2) is 0 Å². The van der Waals surface area contributed by atoms with Gasteiger partial charge in [0.1, 0.15) is 11.5 Å². The molecule has 0 aliphatic rings. The summed E-state index contributed by atoms with van der Waals surface area (Å²) in [5, 5.41) is 0. The van der Waals surface area contributed by atoms with Gasteiger partial charge in [0.15, 0.2) is 5.78 Å². The molecule has 0 saturated carbocycles. The van der Waals surface area contributed by atoms with E-state index >= 15 is 0 Å². The van der Waals surface area contributed by atoms with Crippen molar-refractivity contribution in [1.82, 2.24) is 0 Å². The summed E-state index contributed by atoms with van der Waals surface area (Å²) in [6.07, 6.45) is 0.351. The third kappa shape index (κ3) is 3.61. The Morgan fingerprint density at radius 2 is 1.55 bits per heavy atom. The van der Waals surface area contributed by atoms with E-state index < -0.39 is 0 Å². The minimum absolute atomic E-state index is 0.0320. The van der Waals surface area contributed by atoms with Crippen LogP contribution < -0.4 is 9.47 Å². The molecule has 0 spiro atoms. The molecule has 20 heavy (non-hydrogen) atoms. The summed E-state index contributed by atoms with van der Waals surface area (Å²) in [4.78, 5) is 12.3. The molecule has 0 aliphatic carbocycles. The van der Waals surface area contributed by atoms with E-state index in [1.54, 1.807) is 32.4 Å². The molecule has 0 N–H and O–H groups in total. The fourth-order valence-corrected chi connectivity index (χ4v) is 2.12. The molecular weight excluding hydrogens is 320 g/mol. The highest BCUT2D eigenvalue weighted by Crippen LogP contribution is 2.23. The summed E-state index contributed by atoms with van der Waals surface area (Å²) in [5.74, 6) is 1.26. The first-order valence-corrected chi connectivity index (χ1v) is 6.92. The maximum Gasteiger partial charge on any atom is 0.167 e. The summed E-state index contributed by atoms with van der Waals surface area (Å²) in [6, 6.07) is 12.9. The van der Waals surface area contributed by atoms with E-state index in [-0.39, 0.29) is 5.78 Å². The molecule has 2 aromatic carbocycles. The normalized spacial score (nSPS) is 10.2. The lowest BCUT2D eigenvalue weighted by Crippen LogP contribution is -2.04. The lowest BCUT2D eigenvalue weighted by atomic mass is 10.0. The van der Waals surface area contributed by atoms with Crippen LogP contribution in [0.5, 0.6) is 11.5 Å². The lowest BCUT2D eigenvalue weighted by molar-refractivity contribution is 0.0992. The predicted octanol–water partition coefficient (Wildman–Crippen LogP) is 3.89. The van der Waals surface area contributed by atoms with Crippen LogP contribution >= 0.6 is 15.9 Å². The highest BCUT2D eigenvalue weighted by Gasteiger charge is 2.10. The van der Waals surface area contributed by atoms with E-state index in [0.29, 0.717) is 23.5 Å². The number of hydrogen-bond donors (Lipinski definition) is 0. The predicted molar refractivity (Wildman–Crippen MR) is 81.7 cm³/mol. The highest BCUT2D eigenvalue weighted by molar-refractivity contribution is 9.10. The fraction of sp³-hybridized carbons (Fsp3) is 0.188.